The molecule has 0 atom stereocenters. The van der Waals surface area contributed by atoms with E-state index in [1.54, 1.807) is 12.1 Å². The molecule has 0 aliphatic heterocycles. The molecule has 0 aliphatic rings. The Morgan fingerprint density at radius 3 is 2.83 bits per heavy atom. The largest absolute Gasteiger partial charge is 0.484 e. The van der Waals surface area contributed by atoms with Crippen molar-refractivity contribution in [3.63, 3.8) is 0 Å². The zero-order valence-corrected chi connectivity index (χ0v) is 13.4. The summed E-state index contributed by atoms with van der Waals surface area (Å²) < 4.78 is 7.06. The topological polar surface area (TPSA) is 81.9 Å². The van der Waals surface area contributed by atoms with Gasteiger partial charge < -0.3 is 10.1 Å². The second kappa shape index (κ2) is 6.91. The van der Waals surface area contributed by atoms with Crippen LogP contribution in [-0.2, 0) is 4.79 Å². The van der Waals surface area contributed by atoms with Crippen LogP contribution in [0, 0.1) is 13.8 Å². The van der Waals surface area contributed by atoms with Crippen LogP contribution in [0.2, 0.25) is 0 Å². The lowest BCUT2D eigenvalue weighted by atomic mass is 10.1. The number of hydrogen-bond donors (Lipinski definition) is 1. The maximum absolute atomic E-state index is 12.1. The highest BCUT2D eigenvalue weighted by molar-refractivity contribution is 5.92. The van der Waals surface area contributed by atoms with Crippen LogP contribution in [-0.4, -0.2) is 32.7 Å². The predicted molar refractivity (Wildman–Crippen MR) is 89.2 cm³/mol. The van der Waals surface area contributed by atoms with Crippen molar-refractivity contribution in [2.75, 3.05) is 11.9 Å². The van der Waals surface area contributed by atoms with E-state index in [9.17, 15) is 4.79 Å². The lowest BCUT2D eigenvalue weighted by Gasteiger charge is -2.10. The first-order valence-corrected chi connectivity index (χ1v) is 7.45. The van der Waals surface area contributed by atoms with Crippen molar-refractivity contribution in [3.8, 4) is 11.4 Å². The normalized spacial score (nSPS) is 10.4. The summed E-state index contributed by atoms with van der Waals surface area (Å²) >= 11 is 0. The molecule has 1 N–H and O–H groups in total. The van der Waals surface area contributed by atoms with Crippen LogP contribution < -0.4 is 10.1 Å². The SMILES string of the molecule is Cc1ccc(NC(=O)COc2cccc(-n3cnnn3)c2)c(C)c1. The van der Waals surface area contributed by atoms with Crippen molar-refractivity contribution in [3.05, 3.63) is 59.9 Å². The Balaban J connectivity index is 1.61. The van der Waals surface area contributed by atoms with Gasteiger partial charge in [0.25, 0.3) is 5.91 Å². The third-order valence-electron chi connectivity index (χ3n) is 3.46. The molecule has 7 nitrogen and oxygen atoms in total. The molecule has 1 amide bonds. The van der Waals surface area contributed by atoms with Crippen LogP contribution >= 0.6 is 0 Å². The van der Waals surface area contributed by atoms with Gasteiger partial charge in [-0.3, -0.25) is 4.79 Å². The number of carbonyl (C=O) groups is 1. The molecule has 0 bridgehead atoms. The highest BCUT2D eigenvalue weighted by Crippen LogP contribution is 2.17. The minimum atomic E-state index is -0.213. The minimum absolute atomic E-state index is 0.0770. The predicted octanol–water partition coefficient (Wildman–Crippen LogP) is 2.30. The van der Waals surface area contributed by atoms with Crippen LogP contribution in [0.25, 0.3) is 5.69 Å². The van der Waals surface area contributed by atoms with E-state index in [0.717, 1.165) is 22.5 Å². The Labute approximate surface area is 139 Å². The Bertz CT molecular complexity index is 846. The second-order valence-corrected chi connectivity index (χ2v) is 5.41. The number of aryl methyl sites for hydroxylation is 2. The molecule has 0 aliphatic carbocycles. The van der Waals surface area contributed by atoms with Crippen LogP contribution in [0.1, 0.15) is 11.1 Å². The molecule has 0 saturated heterocycles. The van der Waals surface area contributed by atoms with Crippen LogP contribution in [0.3, 0.4) is 0 Å². The number of carbonyl (C=O) groups excluding carboxylic acids is 1. The summed E-state index contributed by atoms with van der Waals surface area (Å²) in [6.45, 7) is 3.89. The maximum Gasteiger partial charge on any atom is 0.262 e. The lowest BCUT2D eigenvalue weighted by Crippen LogP contribution is -2.20. The number of anilines is 1. The molecule has 0 saturated carbocycles. The summed E-state index contributed by atoms with van der Waals surface area (Å²) in [5.74, 6) is 0.355. The quantitative estimate of drug-likeness (QED) is 0.779. The van der Waals surface area contributed by atoms with Gasteiger partial charge in [-0.05, 0) is 48.0 Å². The zero-order chi connectivity index (χ0) is 16.9. The van der Waals surface area contributed by atoms with Crippen molar-refractivity contribution in [1.29, 1.82) is 0 Å². The third kappa shape index (κ3) is 3.75. The molecule has 122 valence electrons. The Morgan fingerprint density at radius 2 is 2.08 bits per heavy atom. The molecule has 1 heterocycles. The fourth-order valence-electron chi connectivity index (χ4n) is 2.28. The number of aromatic nitrogens is 4. The van der Waals surface area contributed by atoms with Gasteiger partial charge in [0.15, 0.2) is 6.61 Å². The number of ether oxygens (including phenoxy) is 1. The molecule has 2 aromatic carbocycles. The molecule has 0 unspecified atom stereocenters. The summed E-state index contributed by atoms with van der Waals surface area (Å²) in [7, 11) is 0. The number of tetrazole rings is 1. The third-order valence-corrected chi connectivity index (χ3v) is 3.46. The smallest absolute Gasteiger partial charge is 0.262 e. The van der Waals surface area contributed by atoms with Gasteiger partial charge in [-0.15, -0.1) is 5.10 Å². The van der Waals surface area contributed by atoms with Gasteiger partial charge in [-0.2, -0.15) is 0 Å². The van der Waals surface area contributed by atoms with Crippen LogP contribution in [0.15, 0.2) is 48.8 Å². The van der Waals surface area contributed by atoms with Gasteiger partial charge in [0.1, 0.15) is 12.1 Å². The van der Waals surface area contributed by atoms with Crippen molar-refractivity contribution < 1.29 is 9.53 Å². The van der Waals surface area contributed by atoms with E-state index in [4.69, 9.17) is 4.74 Å². The number of nitrogens with one attached hydrogen (secondary N) is 1. The molecular formula is C17H17N5O2. The van der Waals surface area contributed by atoms with E-state index >= 15 is 0 Å². The number of rotatable bonds is 5. The maximum atomic E-state index is 12.1. The first kappa shape index (κ1) is 15.7. The van der Waals surface area contributed by atoms with Crippen molar-refractivity contribution in [1.82, 2.24) is 20.2 Å². The minimum Gasteiger partial charge on any atom is -0.484 e. The lowest BCUT2D eigenvalue weighted by molar-refractivity contribution is -0.118. The summed E-state index contributed by atoms with van der Waals surface area (Å²) in [4.78, 5) is 12.1. The van der Waals surface area contributed by atoms with E-state index in [1.165, 1.54) is 11.0 Å². The number of amides is 1. The van der Waals surface area contributed by atoms with E-state index in [1.807, 2.05) is 44.2 Å². The molecular weight excluding hydrogens is 306 g/mol. The summed E-state index contributed by atoms with van der Waals surface area (Å²) in [6.07, 6.45) is 1.49. The number of benzene rings is 2. The molecule has 7 heteroatoms. The standard InChI is InChI=1S/C17H17N5O2/c1-12-6-7-16(13(2)8-12)19-17(23)10-24-15-5-3-4-14(9-15)22-11-18-20-21-22/h3-9,11H,10H2,1-2H3,(H,19,23). The average Bonchev–Trinajstić information content (AvgIpc) is 3.10. The fourth-order valence-corrected chi connectivity index (χ4v) is 2.28. The summed E-state index contributed by atoms with van der Waals surface area (Å²) in [5, 5.41) is 13.8. The first-order chi connectivity index (χ1) is 11.6. The van der Waals surface area contributed by atoms with Crippen molar-refractivity contribution in [2.45, 2.75) is 13.8 Å². The van der Waals surface area contributed by atoms with E-state index in [0.29, 0.717) is 5.75 Å². The second-order valence-electron chi connectivity index (χ2n) is 5.41. The zero-order valence-electron chi connectivity index (χ0n) is 13.4. The fraction of sp³-hybridized carbons (Fsp3) is 0.176. The van der Waals surface area contributed by atoms with Gasteiger partial charge in [-0.25, -0.2) is 4.68 Å². The highest BCUT2D eigenvalue weighted by Gasteiger charge is 2.07. The monoisotopic (exact) mass is 323 g/mol. The molecule has 3 aromatic rings. The van der Waals surface area contributed by atoms with Crippen LogP contribution in [0.4, 0.5) is 5.69 Å². The van der Waals surface area contributed by atoms with Crippen molar-refractivity contribution in [2.24, 2.45) is 0 Å². The average molecular weight is 323 g/mol. The molecule has 3 rings (SSSR count). The molecule has 24 heavy (non-hydrogen) atoms. The first-order valence-electron chi connectivity index (χ1n) is 7.45. The Morgan fingerprint density at radius 1 is 1.21 bits per heavy atom. The molecule has 0 fully saturated rings. The summed E-state index contributed by atoms with van der Waals surface area (Å²) in [6, 6.07) is 13.1. The van der Waals surface area contributed by atoms with Gasteiger partial charge in [0.05, 0.1) is 5.69 Å². The molecule has 0 spiro atoms. The highest BCUT2D eigenvalue weighted by atomic mass is 16.5. The van der Waals surface area contributed by atoms with Crippen LogP contribution in [0.5, 0.6) is 5.75 Å². The van der Waals surface area contributed by atoms with E-state index in [-0.39, 0.29) is 12.5 Å². The molecule has 0 radical (unpaired) electrons. The van der Waals surface area contributed by atoms with Gasteiger partial charge in [0, 0.05) is 11.8 Å². The van der Waals surface area contributed by atoms with Gasteiger partial charge in [0.2, 0.25) is 0 Å². The Kier molecular flexibility index (Phi) is 4.51. The van der Waals surface area contributed by atoms with E-state index < -0.39 is 0 Å². The molecule has 1 aromatic heterocycles. The summed E-state index contributed by atoms with van der Waals surface area (Å²) in [5.41, 5.74) is 3.72. The number of nitrogens with zero attached hydrogens (tertiary/aromatic N) is 4. The van der Waals surface area contributed by atoms with Crippen molar-refractivity contribution >= 4 is 11.6 Å². The van der Waals surface area contributed by atoms with Gasteiger partial charge in [-0.1, -0.05) is 23.8 Å². The number of hydrogen-bond acceptors (Lipinski definition) is 5. The van der Waals surface area contributed by atoms with Gasteiger partial charge >= 0.3 is 0 Å². The van der Waals surface area contributed by atoms with E-state index in [2.05, 4.69) is 20.8 Å². The Hall–Kier alpha value is -3.22.